The van der Waals surface area contributed by atoms with Gasteiger partial charge in [0.15, 0.2) is 0 Å². The summed E-state index contributed by atoms with van der Waals surface area (Å²) in [4.78, 5) is 11.8. The summed E-state index contributed by atoms with van der Waals surface area (Å²) in [7, 11) is 3.02. The molecule has 0 aliphatic carbocycles. The molecule has 0 unspecified atom stereocenters. The number of hydrogen-bond donors (Lipinski definition) is 0. The van der Waals surface area contributed by atoms with Gasteiger partial charge in [-0.1, -0.05) is 17.7 Å². The lowest BCUT2D eigenvalue weighted by atomic mass is 9.82. The fraction of sp³-hybridized carbons (Fsp3) is 0.500. The van der Waals surface area contributed by atoms with Crippen molar-refractivity contribution in [2.24, 2.45) is 0 Å². The minimum absolute atomic E-state index is 0.263. The summed E-state index contributed by atoms with van der Waals surface area (Å²) in [5, 5.41) is 0. The largest absolute Gasteiger partial charge is 0.496 e. The van der Waals surface area contributed by atoms with Crippen molar-refractivity contribution in [3.63, 3.8) is 0 Å². The van der Waals surface area contributed by atoms with Crippen LogP contribution in [0, 0.1) is 13.8 Å². The van der Waals surface area contributed by atoms with Crippen molar-refractivity contribution in [1.29, 1.82) is 0 Å². The predicted molar refractivity (Wildman–Crippen MR) is 67.5 cm³/mol. The third kappa shape index (κ3) is 2.43. The molecule has 1 aromatic rings. The molecule has 0 aliphatic rings. The van der Waals surface area contributed by atoms with Crippen LogP contribution >= 0.6 is 0 Å². The van der Waals surface area contributed by atoms with Gasteiger partial charge in [-0.3, -0.25) is 4.79 Å². The molecule has 0 saturated heterocycles. The molecule has 17 heavy (non-hydrogen) atoms. The predicted octanol–water partition coefficient (Wildman–Crippen LogP) is 2.76. The summed E-state index contributed by atoms with van der Waals surface area (Å²) in [6, 6.07) is 4.01. The Labute approximate surface area is 103 Å². The lowest BCUT2D eigenvalue weighted by Gasteiger charge is -2.25. The molecule has 3 nitrogen and oxygen atoms in total. The first-order chi connectivity index (χ1) is 7.84. The molecule has 0 bridgehead atoms. The zero-order chi connectivity index (χ0) is 13.2. The summed E-state index contributed by atoms with van der Waals surface area (Å²) in [5.41, 5.74) is 2.29. The maximum Gasteiger partial charge on any atom is 0.315 e. The molecule has 94 valence electrons. The number of hydrogen-bond acceptors (Lipinski definition) is 3. The fourth-order valence-electron chi connectivity index (χ4n) is 2.05. The molecule has 0 atom stereocenters. The Morgan fingerprint density at radius 2 is 1.76 bits per heavy atom. The van der Waals surface area contributed by atoms with Crippen LogP contribution in [0.4, 0.5) is 0 Å². The van der Waals surface area contributed by atoms with E-state index in [1.54, 1.807) is 7.11 Å². The van der Waals surface area contributed by atoms with Gasteiger partial charge in [0.25, 0.3) is 0 Å². The van der Waals surface area contributed by atoms with E-state index in [-0.39, 0.29) is 5.97 Å². The van der Waals surface area contributed by atoms with Gasteiger partial charge >= 0.3 is 5.97 Å². The van der Waals surface area contributed by atoms with Crippen molar-refractivity contribution in [3.05, 3.63) is 28.8 Å². The van der Waals surface area contributed by atoms with Gasteiger partial charge in [-0.2, -0.15) is 0 Å². The molecule has 0 spiro atoms. The minimum atomic E-state index is -0.711. The summed E-state index contributed by atoms with van der Waals surface area (Å²) < 4.78 is 10.3. The molecule has 1 rings (SSSR count). The lowest BCUT2D eigenvalue weighted by molar-refractivity contribution is -0.146. The Morgan fingerprint density at radius 3 is 2.24 bits per heavy atom. The highest BCUT2D eigenvalue weighted by Gasteiger charge is 2.34. The number of ether oxygens (including phenoxy) is 2. The smallest absolute Gasteiger partial charge is 0.315 e. The number of benzene rings is 1. The maximum atomic E-state index is 11.8. The van der Waals surface area contributed by atoms with E-state index < -0.39 is 5.41 Å². The second-order valence-corrected chi connectivity index (χ2v) is 4.78. The molecule has 0 heterocycles. The van der Waals surface area contributed by atoms with Gasteiger partial charge in [0.2, 0.25) is 0 Å². The zero-order valence-electron chi connectivity index (χ0n) is 11.4. The number of carbonyl (C=O) groups is 1. The van der Waals surface area contributed by atoms with Crippen molar-refractivity contribution < 1.29 is 14.3 Å². The highest BCUT2D eigenvalue weighted by atomic mass is 16.5. The Morgan fingerprint density at radius 1 is 1.18 bits per heavy atom. The molecule has 1 aromatic carbocycles. The van der Waals surface area contributed by atoms with E-state index in [1.807, 2.05) is 39.8 Å². The molecule has 3 heteroatoms. The number of aryl methyl sites for hydroxylation is 2. The molecule has 0 aliphatic heterocycles. The van der Waals surface area contributed by atoms with E-state index in [0.29, 0.717) is 0 Å². The Balaban J connectivity index is 3.44. The molecule has 0 aromatic heterocycles. The normalized spacial score (nSPS) is 11.2. The summed E-state index contributed by atoms with van der Waals surface area (Å²) in [6.07, 6.45) is 0. The summed E-state index contributed by atoms with van der Waals surface area (Å²) in [5.74, 6) is 0.492. The van der Waals surface area contributed by atoms with Crippen molar-refractivity contribution in [2.75, 3.05) is 14.2 Å². The van der Waals surface area contributed by atoms with E-state index in [0.717, 1.165) is 22.4 Å². The number of carbonyl (C=O) groups excluding carboxylic acids is 1. The van der Waals surface area contributed by atoms with E-state index >= 15 is 0 Å². The molecule has 0 radical (unpaired) electrons. The third-order valence-electron chi connectivity index (χ3n) is 2.99. The van der Waals surface area contributed by atoms with Crippen LogP contribution < -0.4 is 4.74 Å². The Hall–Kier alpha value is -1.51. The van der Waals surface area contributed by atoms with Crippen LogP contribution in [-0.4, -0.2) is 20.2 Å². The highest BCUT2D eigenvalue weighted by molar-refractivity contribution is 5.83. The van der Waals surface area contributed by atoms with E-state index in [2.05, 4.69) is 0 Å². The quantitative estimate of drug-likeness (QED) is 0.757. The van der Waals surface area contributed by atoms with Crippen LogP contribution in [0.5, 0.6) is 5.75 Å². The van der Waals surface area contributed by atoms with Crippen LogP contribution in [0.3, 0.4) is 0 Å². The standard InChI is InChI=1S/C14H20O3/c1-9-7-10(2)12(16-5)11(8-9)14(3,4)13(15)17-6/h7-8H,1-6H3. The molecular formula is C14H20O3. The summed E-state index contributed by atoms with van der Waals surface area (Å²) in [6.45, 7) is 7.66. The van der Waals surface area contributed by atoms with Crippen molar-refractivity contribution in [3.8, 4) is 5.75 Å². The molecule has 0 fully saturated rings. The first-order valence-corrected chi connectivity index (χ1v) is 5.58. The van der Waals surface area contributed by atoms with Crippen LogP contribution in [0.1, 0.15) is 30.5 Å². The van der Waals surface area contributed by atoms with Crippen LogP contribution in [-0.2, 0) is 14.9 Å². The van der Waals surface area contributed by atoms with Crippen LogP contribution in [0.2, 0.25) is 0 Å². The third-order valence-corrected chi connectivity index (χ3v) is 2.99. The average molecular weight is 236 g/mol. The fourth-order valence-corrected chi connectivity index (χ4v) is 2.05. The topological polar surface area (TPSA) is 35.5 Å². The molecular weight excluding hydrogens is 216 g/mol. The number of rotatable bonds is 3. The lowest BCUT2D eigenvalue weighted by Crippen LogP contribution is -2.31. The zero-order valence-corrected chi connectivity index (χ0v) is 11.4. The van der Waals surface area contributed by atoms with Gasteiger partial charge in [-0.15, -0.1) is 0 Å². The van der Waals surface area contributed by atoms with Crippen molar-refractivity contribution in [1.82, 2.24) is 0 Å². The SMILES string of the molecule is COC(=O)C(C)(C)c1cc(C)cc(C)c1OC. The molecule has 0 amide bonds. The first kappa shape index (κ1) is 13.6. The molecule has 0 saturated carbocycles. The van der Waals surface area contributed by atoms with E-state index in [9.17, 15) is 4.79 Å². The van der Waals surface area contributed by atoms with Gasteiger partial charge in [-0.05, 0) is 33.3 Å². The van der Waals surface area contributed by atoms with Gasteiger partial charge in [0.1, 0.15) is 5.75 Å². The number of esters is 1. The Kier molecular flexibility index (Phi) is 3.81. The van der Waals surface area contributed by atoms with Gasteiger partial charge in [0, 0.05) is 5.56 Å². The average Bonchev–Trinajstić information content (AvgIpc) is 2.26. The van der Waals surface area contributed by atoms with E-state index in [4.69, 9.17) is 9.47 Å². The second kappa shape index (κ2) is 4.78. The van der Waals surface area contributed by atoms with Gasteiger partial charge in [0.05, 0.1) is 19.6 Å². The second-order valence-electron chi connectivity index (χ2n) is 4.78. The van der Waals surface area contributed by atoms with Gasteiger partial charge in [-0.25, -0.2) is 0 Å². The minimum Gasteiger partial charge on any atom is -0.496 e. The van der Waals surface area contributed by atoms with Crippen LogP contribution in [0.25, 0.3) is 0 Å². The first-order valence-electron chi connectivity index (χ1n) is 5.58. The van der Waals surface area contributed by atoms with E-state index in [1.165, 1.54) is 7.11 Å². The van der Waals surface area contributed by atoms with Crippen molar-refractivity contribution in [2.45, 2.75) is 33.1 Å². The summed E-state index contributed by atoms with van der Waals surface area (Å²) >= 11 is 0. The Bertz CT molecular complexity index is 433. The van der Waals surface area contributed by atoms with Crippen LogP contribution in [0.15, 0.2) is 12.1 Å². The molecule has 0 N–H and O–H groups in total. The van der Waals surface area contributed by atoms with Gasteiger partial charge < -0.3 is 9.47 Å². The number of methoxy groups -OCH3 is 2. The monoisotopic (exact) mass is 236 g/mol. The van der Waals surface area contributed by atoms with Crippen molar-refractivity contribution >= 4 is 5.97 Å². The highest BCUT2D eigenvalue weighted by Crippen LogP contribution is 2.35. The maximum absolute atomic E-state index is 11.8.